The fourth-order valence-corrected chi connectivity index (χ4v) is 3.33. The van der Waals surface area contributed by atoms with Gasteiger partial charge in [-0.25, -0.2) is 20.0 Å². The molecule has 0 saturated heterocycles. The molecule has 0 aliphatic carbocycles. The fraction of sp³-hybridized carbons (Fsp3) is 0.368. The molecule has 0 amide bonds. The number of nitrogens with one attached hydrogen (secondary N) is 3. The van der Waals surface area contributed by atoms with E-state index in [2.05, 4.69) is 35.9 Å². The number of nitrogens with two attached hydrogens (primary N) is 2. The lowest BCUT2D eigenvalue weighted by Gasteiger charge is -2.29. The minimum atomic E-state index is -0.390. The van der Waals surface area contributed by atoms with E-state index in [1.54, 1.807) is 12.5 Å². The minimum Gasteiger partial charge on any atom is -0.467 e. The molecule has 0 radical (unpaired) electrons. The van der Waals surface area contributed by atoms with Gasteiger partial charge in [-0.1, -0.05) is 0 Å². The van der Waals surface area contributed by atoms with Gasteiger partial charge < -0.3 is 30.5 Å². The summed E-state index contributed by atoms with van der Waals surface area (Å²) in [6.45, 7) is 6.15. The van der Waals surface area contributed by atoms with Gasteiger partial charge in [0.05, 0.1) is 23.9 Å². The molecule has 2 unspecified atom stereocenters. The molecule has 2 atom stereocenters. The van der Waals surface area contributed by atoms with E-state index in [1.807, 2.05) is 37.8 Å². The molecule has 0 saturated carbocycles. The zero-order valence-corrected chi connectivity index (χ0v) is 17.6. The summed E-state index contributed by atoms with van der Waals surface area (Å²) < 4.78 is 10.8. The summed E-state index contributed by atoms with van der Waals surface area (Å²) in [5.74, 6) is 3.20. The number of hydrogen-bond acceptors (Lipinski definition) is 12. The zero-order valence-electron chi connectivity index (χ0n) is 17.6. The largest absolute Gasteiger partial charge is 0.467 e. The average Bonchev–Trinajstić information content (AvgIpc) is 3.29. The van der Waals surface area contributed by atoms with Crippen molar-refractivity contribution in [2.45, 2.75) is 39.5 Å². The lowest BCUT2D eigenvalue weighted by atomic mass is 10.2. The third kappa shape index (κ3) is 4.63. The molecule has 31 heavy (non-hydrogen) atoms. The highest BCUT2D eigenvalue weighted by atomic mass is 16.3. The van der Waals surface area contributed by atoms with Crippen LogP contribution in [0.5, 0.6) is 0 Å². The van der Waals surface area contributed by atoms with Crippen molar-refractivity contribution in [1.29, 1.82) is 0 Å². The van der Waals surface area contributed by atoms with Gasteiger partial charge in [0.15, 0.2) is 11.9 Å². The molecule has 0 aromatic carbocycles. The number of nitrogens with zero attached hydrogens (tertiary/aromatic N) is 5. The van der Waals surface area contributed by atoms with Crippen LogP contribution < -0.4 is 32.3 Å². The Bertz CT molecular complexity index is 1060. The van der Waals surface area contributed by atoms with Crippen LogP contribution in [-0.4, -0.2) is 42.7 Å². The summed E-state index contributed by atoms with van der Waals surface area (Å²) in [6, 6.07) is 3.70. The summed E-state index contributed by atoms with van der Waals surface area (Å²) in [4.78, 5) is 19.8. The average molecular weight is 426 g/mol. The second-order valence-corrected chi connectivity index (χ2v) is 7.14. The molecule has 7 N–H and O–H groups in total. The van der Waals surface area contributed by atoms with Crippen LogP contribution in [0.2, 0.25) is 0 Å². The summed E-state index contributed by atoms with van der Waals surface area (Å²) >= 11 is 0. The molecule has 2 aliphatic heterocycles. The van der Waals surface area contributed by atoms with Gasteiger partial charge in [-0.2, -0.15) is 0 Å². The molecule has 0 spiro atoms. The summed E-state index contributed by atoms with van der Waals surface area (Å²) in [6.07, 6.45) is 3.13. The van der Waals surface area contributed by atoms with Crippen LogP contribution in [-0.2, 0) is 0 Å². The van der Waals surface area contributed by atoms with Crippen LogP contribution in [0.1, 0.15) is 24.9 Å². The molecule has 0 bridgehead atoms. The number of furan rings is 2. The van der Waals surface area contributed by atoms with E-state index in [1.165, 1.54) is 0 Å². The third-order valence-electron chi connectivity index (χ3n) is 4.79. The number of anilines is 2. The lowest BCUT2D eigenvalue weighted by molar-refractivity contribution is 0.533. The lowest BCUT2D eigenvalue weighted by Crippen LogP contribution is -2.51. The Balaban J connectivity index is 1.52. The van der Waals surface area contributed by atoms with E-state index in [4.69, 9.17) is 20.3 Å². The van der Waals surface area contributed by atoms with E-state index in [0.717, 1.165) is 22.9 Å². The smallest absolute Gasteiger partial charge is 0.207 e. The van der Waals surface area contributed by atoms with Gasteiger partial charge in [-0.15, -0.1) is 0 Å². The number of aryl methyl sites for hydroxylation is 2. The molecular weight excluding hydrogens is 400 g/mol. The van der Waals surface area contributed by atoms with E-state index < -0.39 is 6.17 Å². The maximum atomic E-state index is 5.98. The standard InChI is InChI=1S/C19H26N10O2/c1-10-13(5-8-30-10)24-18-26-15(25-17(21)27-18)4-7-29(14-6-9-31-11(14)2)19-23-12(3)22-16(20)28-19/h5-6,8-9,12,15H,4,7H2,1-3H3,(H3,20,22,23,28)(H4,21,24,25,26,27). The number of guanidine groups is 4. The quantitative estimate of drug-likeness (QED) is 0.472. The van der Waals surface area contributed by atoms with Crippen LogP contribution in [0.4, 0.5) is 11.4 Å². The van der Waals surface area contributed by atoms with Crippen molar-refractivity contribution in [3.05, 3.63) is 36.2 Å². The molecular formula is C19H26N10O2. The Morgan fingerprint density at radius 3 is 2.42 bits per heavy atom. The van der Waals surface area contributed by atoms with Crippen molar-refractivity contribution in [1.82, 2.24) is 10.6 Å². The topological polar surface area (TPSA) is 167 Å². The molecule has 164 valence electrons. The maximum absolute atomic E-state index is 5.98. The Hall–Kier alpha value is -3.96. The zero-order chi connectivity index (χ0) is 22.0. The molecule has 2 aromatic heterocycles. The summed E-state index contributed by atoms with van der Waals surface area (Å²) in [5.41, 5.74) is 13.6. The van der Waals surface area contributed by atoms with Gasteiger partial charge in [-0.05, 0) is 20.8 Å². The Morgan fingerprint density at radius 1 is 1.00 bits per heavy atom. The first-order chi connectivity index (χ1) is 14.9. The Kier molecular flexibility index (Phi) is 5.52. The second kappa shape index (κ2) is 8.42. The molecule has 4 heterocycles. The molecule has 2 aromatic rings. The predicted molar refractivity (Wildman–Crippen MR) is 120 cm³/mol. The summed E-state index contributed by atoms with van der Waals surface area (Å²) in [5, 5.41) is 9.15. The van der Waals surface area contributed by atoms with Gasteiger partial charge in [0.2, 0.25) is 11.9 Å². The predicted octanol–water partition coefficient (Wildman–Crippen LogP) is 1.02. The molecule has 4 rings (SSSR count). The van der Waals surface area contributed by atoms with Crippen molar-refractivity contribution in [3.63, 3.8) is 0 Å². The highest BCUT2D eigenvalue weighted by molar-refractivity contribution is 6.08. The van der Waals surface area contributed by atoms with E-state index >= 15 is 0 Å². The Morgan fingerprint density at radius 2 is 1.74 bits per heavy atom. The first kappa shape index (κ1) is 20.3. The highest BCUT2D eigenvalue weighted by Crippen LogP contribution is 2.23. The van der Waals surface area contributed by atoms with Gasteiger partial charge in [0, 0.05) is 25.1 Å². The third-order valence-corrected chi connectivity index (χ3v) is 4.79. The van der Waals surface area contributed by atoms with E-state index in [0.29, 0.717) is 30.8 Å². The minimum absolute atomic E-state index is 0.285. The van der Waals surface area contributed by atoms with Crippen molar-refractivity contribution >= 4 is 35.2 Å². The van der Waals surface area contributed by atoms with Crippen LogP contribution >= 0.6 is 0 Å². The van der Waals surface area contributed by atoms with Gasteiger partial charge in [0.1, 0.15) is 23.9 Å². The van der Waals surface area contributed by atoms with Crippen LogP contribution in [0, 0.1) is 13.8 Å². The van der Waals surface area contributed by atoms with Crippen molar-refractivity contribution in [2.24, 2.45) is 31.4 Å². The van der Waals surface area contributed by atoms with Gasteiger partial charge in [0.25, 0.3) is 0 Å². The molecule has 0 fully saturated rings. The van der Waals surface area contributed by atoms with Crippen LogP contribution in [0.25, 0.3) is 0 Å². The van der Waals surface area contributed by atoms with Crippen LogP contribution in [0.15, 0.2) is 53.5 Å². The van der Waals surface area contributed by atoms with Crippen molar-refractivity contribution in [2.75, 3.05) is 16.8 Å². The second-order valence-electron chi connectivity index (χ2n) is 7.14. The van der Waals surface area contributed by atoms with Crippen molar-refractivity contribution in [3.8, 4) is 0 Å². The number of hydrogen-bond donors (Lipinski definition) is 5. The van der Waals surface area contributed by atoms with Gasteiger partial charge in [-0.3, -0.25) is 10.6 Å². The molecule has 12 heteroatoms. The van der Waals surface area contributed by atoms with Crippen LogP contribution in [0.3, 0.4) is 0 Å². The molecule has 12 nitrogen and oxygen atoms in total. The normalized spacial score (nSPS) is 20.6. The highest BCUT2D eigenvalue weighted by Gasteiger charge is 2.24. The summed E-state index contributed by atoms with van der Waals surface area (Å²) in [7, 11) is 0. The monoisotopic (exact) mass is 426 g/mol. The maximum Gasteiger partial charge on any atom is 0.207 e. The fourth-order valence-electron chi connectivity index (χ4n) is 3.33. The number of rotatable bonds is 5. The number of aliphatic imine (C=N–C) groups is 4. The molecule has 2 aliphatic rings. The van der Waals surface area contributed by atoms with Gasteiger partial charge >= 0.3 is 0 Å². The van der Waals surface area contributed by atoms with E-state index in [9.17, 15) is 0 Å². The Labute approximate surface area is 179 Å². The first-order valence-electron chi connectivity index (χ1n) is 9.88. The van der Waals surface area contributed by atoms with E-state index in [-0.39, 0.29) is 12.1 Å². The first-order valence-corrected chi connectivity index (χ1v) is 9.88. The van der Waals surface area contributed by atoms with Crippen molar-refractivity contribution < 1.29 is 8.83 Å². The SMILES string of the molecule is Cc1occc1NC1=NC(CCN(C2=NC(C)N=C(N)N2)c2ccoc2C)N=C(N)N1.